The van der Waals surface area contributed by atoms with Crippen molar-refractivity contribution < 1.29 is 19.1 Å². The second-order valence-electron chi connectivity index (χ2n) is 10.6. The number of nitrogens with zero attached hydrogens (tertiary/aromatic N) is 2. The Morgan fingerprint density at radius 1 is 1.00 bits per heavy atom. The highest BCUT2D eigenvalue weighted by atomic mass is 35.5. The number of ether oxygens (including phenoxy) is 1. The zero-order valence-electron chi connectivity index (χ0n) is 24.6. The van der Waals surface area contributed by atoms with Gasteiger partial charge in [-0.3, -0.25) is 14.6 Å². The van der Waals surface area contributed by atoms with Crippen molar-refractivity contribution in [2.45, 2.75) is 44.6 Å². The Morgan fingerprint density at radius 2 is 1.66 bits per heavy atom. The van der Waals surface area contributed by atoms with Gasteiger partial charge in [0, 0.05) is 38.1 Å². The van der Waals surface area contributed by atoms with Gasteiger partial charge in [-0.25, -0.2) is 4.79 Å². The molecule has 1 aromatic heterocycles. The Balaban J connectivity index is 1.40. The number of anilines is 2. The molecule has 0 spiro atoms. The summed E-state index contributed by atoms with van der Waals surface area (Å²) < 4.78 is 5.04. The summed E-state index contributed by atoms with van der Waals surface area (Å²) >= 11 is 17.9. The van der Waals surface area contributed by atoms with E-state index in [0.29, 0.717) is 29.4 Å². The van der Waals surface area contributed by atoms with Gasteiger partial charge in [-0.05, 0) is 60.8 Å². The molecule has 9 nitrogen and oxygen atoms in total. The molecule has 3 aromatic rings. The number of nitrogens with one attached hydrogen (secondary N) is 3. The number of esters is 1. The molecule has 1 aliphatic carbocycles. The Hall–Kier alpha value is -3.73. The summed E-state index contributed by atoms with van der Waals surface area (Å²) in [7, 11) is 3.05. The van der Waals surface area contributed by atoms with Crippen LogP contribution in [0.1, 0.15) is 58.4 Å². The third-order valence-corrected chi connectivity index (χ3v) is 8.57. The van der Waals surface area contributed by atoms with E-state index in [4.69, 9.17) is 40.2 Å². The molecular formula is C32H35Cl2N5O4S. The van der Waals surface area contributed by atoms with Gasteiger partial charge in [0.15, 0.2) is 5.11 Å². The van der Waals surface area contributed by atoms with Crippen molar-refractivity contribution in [1.82, 2.24) is 15.6 Å². The fourth-order valence-electron chi connectivity index (χ4n) is 5.15. The van der Waals surface area contributed by atoms with Crippen molar-refractivity contribution in [2.24, 2.45) is 5.92 Å². The number of hydrogen-bond donors (Lipinski definition) is 3. The van der Waals surface area contributed by atoms with Gasteiger partial charge in [0.05, 0.1) is 34.0 Å². The minimum absolute atomic E-state index is 0.128. The lowest BCUT2D eigenvalue weighted by Crippen LogP contribution is -2.48. The molecule has 4 rings (SSSR count). The number of para-hydroxylation sites is 1. The van der Waals surface area contributed by atoms with E-state index in [9.17, 15) is 14.4 Å². The van der Waals surface area contributed by atoms with E-state index in [0.717, 1.165) is 18.4 Å². The van der Waals surface area contributed by atoms with E-state index >= 15 is 0 Å². The molecule has 2 amide bonds. The monoisotopic (exact) mass is 655 g/mol. The number of aromatic nitrogens is 1. The molecule has 1 fully saturated rings. The third kappa shape index (κ3) is 8.68. The van der Waals surface area contributed by atoms with Crippen LogP contribution in [0.3, 0.4) is 0 Å². The van der Waals surface area contributed by atoms with Gasteiger partial charge in [-0.15, -0.1) is 0 Å². The molecule has 1 atom stereocenters. The quantitative estimate of drug-likeness (QED) is 0.179. The van der Waals surface area contributed by atoms with E-state index in [2.05, 4.69) is 20.9 Å². The van der Waals surface area contributed by atoms with E-state index in [1.54, 1.807) is 42.3 Å². The largest absolute Gasteiger partial charge is 0.467 e. The highest BCUT2D eigenvalue weighted by Crippen LogP contribution is 2.25. The standard InChI is InChI=1S/C32H35Cl2N5O4S/c1-39(27-11-7-6-10-23(27)29(40)36-17-21-8-4-3-5-9-21)32(44)38-26(31(42)43-2)16-20-12-14-22(15-13-20)37-30(41)28-24(33)18-35-19-25(28)34/h6-7,10-15,18-19,21,26H,3-5,8-9,16-17H2,1-2H3,(H,36,40)(H,37,41)(H,38,44). The van der Waals surface area contributed by atoms with Crippen LogP contribution in [-0.4, -0.2) is 54.6 Å². The minimum atomic E-state index is -0.808. The number of rotatable bonds is 10. The van der Waals surface area contributed by atoms with Gasteiger partial charge < -0.3 is 25.6 Å². The number of halogens is 2. The summed E-state index contributed by atoms with van der Waals surface area (Å²) in [6.07, 6.45) is 8.89. The van der Waals surface area contributed by atoms with Crippen molar-refractivity contribution in [3.63, 3.8) is 0 Å². The first-order chi connectivity index (χ1) is 21.2. The number of thiocarbonyl (C=S) groups is 1. The first kappa shape index (κ1) is 33.2. The summed E-state index contributed by atoms with van der Waals surface area (Å²) in [5, 5.41) is 9.47. The molecular weight excluding hydrogens is 621 g/mol. The number of methoxy groups -OCH3 is 1. The SMILES string of the molecule is COC(=O)C(Cc1ccc(NC(=O)c2c(Cl)cncc2Cl)cc1)NC(=S)N(C)c1ccccc1C(=O)NCC1CCCCC1. The highest BCUT2D eigenvalue weighted by molar-refractivity contribution is 7.80. The fourth-order valence-corrected chi connectivity index (χ4v) is 5.93. The maximum Gasteiger partial charge on any atom is 0.328 e. The number of amides is 2. The van der Waals surface area contributed by atoms with Crippen LogP contribution in [0, 0.1) is 5.92 Å². The molecule has 0 bridgehead atoms. The number of benzene rings is 2. The van der Waals surface area contributed by atoms with Crippen LogP contribution in [0.4, 0.5) is 11.4 Å². The van der Waals surface area contributed by atoms with E-state index in [1.165, 1.54) is 38.8 Å². The molecule has 0 aliphatic heterocycles. The zero-order chi connectivity index (χ0) is 31.6. The van der Waals surface area contributed by atoms with E-state index in [-0.39, 0.29) is 33.0 Å². The van der Waals surface area contributed by atoms with Crippen LogP contribution < -0.4 is 20.9 Å². The predicted octanol–water partition coefficient (Wildman–Crippen LogP) is 6.05. The van der Waals surface area contributed by atoms with Crippen LogP contribution >= 0.6 is 35.4 Å². The molecule has 3 N–H and O–H groups in total. The topological polar surface area (TPSA) is 113 Å². The fraction of sp³-hybridized carbons (Fsp3) is 0.344. The average molecular weight is 657 g/mol. The Morgan fingerprint density at radius 3 is 2.32 bits per heavy atom. The van der Waals surface area contributed by atoms with Crippen molar-refractivity contribution in [1.29, 1.82) is 0 Å². The van der Waals surface area contributed by atoms with Gasteiger partial charge in [0.2, 0.25) is 0 Å². The summed E-state index contributed by atoms with van der Waals surface area (Å²) in [5.41, 5.74) is 2.54. The summed E-state index contributed by atoms with van der Waals surface area (Å²) in [5.74, 6) is -0.630. The van der Waals surface area contributed by atoms with Gasteiger partial charge in [-0.1, -0.05) is 66.7 Å². The normalized spacial score (nSPS) is 13.8. The Labute approximate surface area is 272 Å². The lowest BCUT2D eigenvalue weighted by atomic mass is 9.89. The molecule has 0 radical (unpaired) electrons. The maximum absolute atomic E-state index is 13.1. The first-order valence-corrected chi connectivity index (χ1v) is 15.5. The van der Waals surface area contributed by atoms with Gasteiger partial charge in [-0.2, -0.15) is 0 Å². The van der Waals surface area contributed by atoms with Crippen molar-refractivity contribution in [3.05, 3.63) is 87.7 Å². The zero-order valence-corrected chi connectivity index (χ0v) is 26.9. The molecule has 12 heteroatoms. The molecule has 1 unspecified atom stereocenters. The number of carbonyl (C=O) groups excluding carboxylic acids is 3. The Kier molecular flexibility index (Phi) is 11.9. The van der Waals surface area contributed by atoms with Gasteiger partial charge >= 0.3 is 5.97 Å². The second kappa shape index (κ2) is 15.8. The molecule has 0 saturated heterocycles. The van der Waals surface area contributed by atoms with Gasteiger partial charge in [0.1, 0.15) is 6.04 Å². The number of carbonyl (C=O) groups is 3. The second-order valence-corrected chi connectivity index (χ2v) is 11.8. The number of hydrogen-bond acceptors (Lipinski definition) is 6. The molecule has 1 heterocycles. The molecule has 232 valence electrons. The van der Waals surface area contributed by atoms with Crippen LogP contribution in [0.25, 0.3) is 0 Å². The summed E-state index contributed by atoms with van der Waals surface area (Å²) in [6, 6.07) is 13.4. The maximum atomic E-state index is 13.1. The lowest BCUT2D eigenvalue weighted by molar-refractivity contribution is -0.142. The minimum Gasteiger partial charge on any atom is -0.467 e. The first-order valence-electron chi connectivity index (χ1n) is 14.4. The Bertz CT molecular complexity index is 1480. The van der Waals surface area contributed by atoms with Crippen LogP contribution in [-0.2, 0) is 16.0 Å². The predicted molar refractivity (Wildman–Crippen MR) is 178 cm³/mol. The molecule has 1 saturated carbocycles. The summed E-state index contributed by atoms with van der Waals surface area (Å²) in [6.45, 7) is 0.650. The molecule has 44 heavy (non-hydrogen) atoms. The highest BCUT2D eigenvalue weighted by Gasteiger charge is 2.24. The molecule has 1 aliphatic rings. The molecule has 2 aromatic carbocycles. The summed E-state index contributed by atoms with van der Waals surface area (Å²) in [4.78, 5) is 44.1. The number of pyridine rings is 1. The van der Waals surface area contributed by atoms with E-state index < -0.39 is 17.9 Å². The van der Waals surface area contributed by atoms with Crippen molar-refractivity contribution in [2.75, 3.05) is 30.9 Å². The van der Waals surface area contributed by atoms with E-state index in [1.807, 2.05) is 18.2 Å². The average Bonchev–Trinajstić information content (AvgIpc) is 3.03. The van der Waals surface area contributed by atoms with Gasteiger partial charge in [0.25, 0.3) is 11.8 Å². The lowest BCUT2D eigenvalue weighted by Gasteiger charge is -2.27. The third-order valence-electron chi connectivity index (χ3n) is 7.61. The van der Waals surface area contributed by atoms with Crippen LogP contribution in [0.15, 0.2) is 60.9 Å². The van der Waals surface area contributed by atoms with Crippen LogP contribution in [0.5, 0.6) is 0 Å². The van der Waals surface area contributed by atoms with Crippen molar-refractivity contribution >= 4 is 69.7 Å². The van der Waals surface area contributed by atoms with Crippen molar-refractivity contribution in [3.8, 4) is 0 Å². The smallest absolute Gasteiger partial charge is 0.328 e. The van der Waals surface area contributed by atoms with Crippen LogP contribution in [0.2, 0.25) is 10.0 Å².